The van der Waals surface area contributed by atoms with Crippen LogP contribution in [0.1, 0.15) is 71.1 Å². The molecule has 1 fully saturated rings. The number of aromatic nitrogens is 2. The number of nitrogens with one attached hydrogen (secondary N) is 2. The summed E-state index contributed by atoms with van der Waals surface area (Å²) in [6.07, 6.45) is 8.46. The molecule has 10 heteroatoms. The lowest BCUT2D eigenvalue weighted by molar-refractivity contribution is -0.123. The van der Waals surface area contributed by atoms with Crippen LogP contribution in [0.5, 0.6) is 17.2 Å². The van der Waals surface area contributed by atoms with Gasteiger partial charge in [0.05, 0.1) is 14.2 Å². The van der Waals surface area contributed by atoms with Crippen LogP contribution < -0.4 is 24.8 Å². The van der Waals surface area contributed by atoms with Gasteiger partial charge in [0.15, 0.2) is 17.3 Å². The number of hydrogen-bond acceptors (Lipinski definition) is 8. The maximum absolute atomic E-state index is 13.0. The van der Waals surface area contributed by atoms with Crippen LogP contribution in [-0.4, -0.2) is 48.4 Å². The van der Waals surface area contributed by atoms with Gasteiger partial charge in [0, 0.05) is 40.5 Å². The molecular weight excluding hydrogens is 536 g/mol. The normalized spacial score (nSPS) is 13.4. The van der Waals surface area contributed by atoms with E-state index in [0.717, 1.165) is 12.8 Å². The zero-order chi connectivity index (χ0) is 31.2. The SMILES string of the molecule is C=CCOc1c(C=CC(=O)C2CC2)c(Cc2cnc(NC(=O)C(C)(C)C)nc2NC(=O)C(C)(C)C)cc(OC)c1OC. The summed E-state index contributed by atoms with van der Waals surface area (Å²) < 4.78 is 17.3. The van der Waals surface area contributed by atoms with Crippen LogP contribution in [0.3, 0.4) is 0 Å². The van der Waals surface area contributed by atoms with E-state index in [1.54, 1.807) is 72.0 Å². The molecule has 1 aliphatic rings. The minimum atomic E-state index is -0.705. The molecule has 2 amide bonds. The van der Waals surface area contributed by atoms with E-state index < -0.39 is 10.8 Å². The summed E-state index contributed by atoms with van der Waals surface area (Å²) in [7, 11) is 3.04. The highest BCUT2D eigenvalue weighted by atomic mass is 16.5. The summed E-state index contributed by atoms with van der Waals surface area (Å²) in [4.78, 5) is 47.2. The molecule has 0 spiro atoms. The van der Waals surface area contributed by atoms with Crippen LogP contribution in [0.25, 0.3) is 6.08 Å². The molecule has 3 rings (SSSR count). The zero-order valence-electron chi connectivity index (χ0n) is 25.8. The van der Waals surface area contributed by atoms with E-state index in [9.17, 15) is 14.4 Å². The number of ether oxygens (including phenoxy) is 3. The van der Waals surface area contributed by atoms with Gasteiger partial charge in [0.1, 0.15) is 12.4 Å². The fourth-order valence-corrected chi connectivity index (χ4v) is 3.80. The molecule has 10 nitrogen and oxygen atoms in total. The lowest BCUT2D eigenvalue weighted by Gasteiger charge is -2.22. The molecular formula is C32H42N4O6. The molecule has 226 valence electrons. The Morgan fingerprint density at radius 2 is 1.62 bits per heavy atom. The predicted molar refractivity (Wildman–Crippen MR) is 163 cm³/mol. The summed E-state index contributed by atoms with van der Waals surface area (Å²) in [5, 5.41) is 5.63. The van der Waals surface area contributed by atoms with Gasteiger partial charge in [-0.25, -0.2) is 4.98 Å². The number of allylic oxidation sites excluding steroid dienone is 1. The van der Waals surface area contributed by atoms with E-state index in [4.69, 9.17) is 14.2 Å². The largest absolute Gasteiger partial charge is 0.493 e. The van der Waals surface area contributed by atoms with Gasteiger partial charge >= 0.3 is 0 Å². The first-order chi connectivity index (χ1) is 19.7. The minimum Gasteiger partial charge on any atom is -0.493 e. The molecule has 1 aliphatic carbocycles. The van der Waals surface area contributed by atoms with Crippen molar-refractivity contribution in [2.45, 2.75) is 60.8 Å². The number of ketones is 1. The molecule has 0 aliphatic heterocycles. The summed E-state index contributed by atoms with van der Waals surface area (Å²) in [6, 6.07) is 1.80. The van der Waals surface area contributed by atoms with Crippen LogP contribution in [0.15, 0.2) is 31.0 Å². The van der Waals surface area contributed by atoms with Crippen molar-refractivity contribution in [3.63, 3.8) is 0 Å². The molecule has 0 saturated heterocycles. The maximum Gasteiger partial charge on any atom is 0.232 e. The highest BCUT2D eigenvalue weighted by Gasteiger charge is 2.29. The van der Waals surface area contributed by atoms with Gasteiger partial charge in [0.2, 0.25) is 23.5 Å². The second-order valence-electron chi connectivity index (χ2n) is 12.3. The topological polar surface area (TPSA) is 129 Å². The van der Waals surface area contributed by atoms with E-state index in [1.165, 1.54) is 14.2 Å². The fraction of sp³-hybridized carbons (Fsp3) is 0.469. The van der Waals surface area contributed by atoms with Crippen LogP contribution in [-0.2, 0) is 20.8 Å². The molecule has 0 bridgehead atoms. The quantitative estimate of drug-likeness (QED) is 0.246. The maximum atomic E-state index is 13.0. The Hall–Kier alpha value is -4.21. The Morgan fingerprint density at radius 3 is 2.17 bits per heavy atom. The van der Waals surface area contributed by atoms with E-state index in [1.807, 2.05) is 0 Å². The first-order valence-electron chi connectivity index (χ1n) is 13.9. The Bertz CT molecular complexity index is 1380. The number of carbonyl (C=O) groups is 3. The van der Waals surface area contributed by atoms with Gasteiger partial charge < -0.3 is 19.5 Å². The Kier molecular flexibility index (Phi) is 10.1. The number of amides is 2. The molecule has 2 N–H and O–H groups in total. The third-order valence-electron chi connectivity index (χ3n) is 6.55. The molecule has 1 aromatic heterocycles. The van der Waals surface area contributed by atoms with Crippen molar-refractivity contribution in [3.05, 3.63) is 47.7 Å². The van der Waals surface area contributed by atoms with Crippen molar-refractivity contribution in [1.29, 1.82) is 0 Å². The lowest BCUT2D eigenvalue weighted by atomic mass is 9.95. The van der Waals surface area contributed by atoms with E-state index in [0.29, 0.717) is 33.9 Å². The first-order valence-corrected chi connectivity index (χ1v) is 13.9. The third kappa shape index (κ3) is 8.18. The third-order valence-corrected chi connectivity index (χ3v) is 6.55. The fourth-order valence-electron chi connectivity index (χ4n) is 3.80. The van der Waals surface area contributed by atoms with Gasteiger partial charge in [-0.15, -0.1) is 0 Å². The van der Waals surface area contributed by atoms with E-state index >= 15 is 0 Å². The number of hydrogen-bond donors (Lipinski definition) is 2. The second-order valence-corrected chi connectivity index (χ2v) is 12.3. The number of anilines is 2. The Balaban J connectivity index is 2.16. The van der Waals surface area contributed by atoms with Crippen molar-refractivity contribution in [2.24, 2.45) is 16.7 Å². The van der Waals surface area contributed by atoms with Crippen LogP contribution in [0.4, 0.5) is 11.8 Å². The molecule has 0 atom stereocenters. The monoisotopic (exact) mass is 578 g/mol. The molecule has 1 heterocycles. The highest BCUT2D eigenvalue weighted by Crippen LogP contribution is 2.44. The highest BCUT2D eigenvalue weighted by molar-refractivity contribution is 5.98. The van der Waals surface area contributed by atoms with Gasteiger partial charge in [-0.2, -0.15) is 4.98 Å². The summed E-state index contributed by atoms with van der Waals surface area (Å²) in [5.74, 6) is 1.08. The summed E-state index contributed by atoms with van der Waals surface area (Å²) >= 11 is 0. The number of rotatable bonds is 12. The van der Waals surface area contributed by atoms with Crippen LogP contribution >= 0.6 is 0 Å². The Morgan fingerprint density at radius 1 is 0.976 bits per heavy atom. The van der Waals surface area contributed by atoms with Crippen molar-refractivity contribution >= 4 is 35.4 Å². The zero-order valence-corrected chi connectivity index (χ0v) is 25.8. The van der Waals surface area contributed by atoms with E-state index in [2.05, 4.69) is 27.2 Å². The number of benzene rings is 1. The summed E-state index contributed by atoms with van der Waals surface area (Å²) in [5.41, 5.74) is 0.529. The van der Waals surface area contributed by atoms with Crippen molar-refractivity contribution in [3.8, 4) is 17.2 Å². The molecule has 2 aromatic rings. The average Bonchev–Trinajstić information content (AvgIpc) is 3.76. The smallest absolute Gasteiger partial charge is 0.232 e. The molecule has 1 aromatic carbocycles. The number of carbonyl (C=O) groups excluding carboxylic acids is 3. The van der Waals surface area contributed by atoms with Crippen LogP contribution in [0.2, 0.25) is 0 Å². The summed E-state index contributed by atoms with van der Waals surface area (Å²) in [6.45, 7) is 14.7. The molecule has 0 unspecified atom stereocenters. The van der Waals surface area contributed by atoms with Gasteiger partial charge in [-0.05, 0) is 36.6 Å². The van der Waals surface area contributed by atoms with E-state index in [-0.39, 0.29) is 48.3 Å². The number of nitrogens with zero attached hydrogens (tertiary/aromatic N) is 2. The van der Waals surface area contributed by atoms with Gasteiger partial charge in [0.25, 0.3) is 0 Å². The van der Waals surface area contributed by atoms with Crippen molar-refractivity contribution in [2.75, 3.05) is 31.5 Å². The lowest BCUT2D eigenvalue weighted by Crippen LogP contribution is -2.30. The second kappa shape index (κ2) is 13.2. The first kappa shape index (κ1) is 32.3. The number of methoxy groups -OCH3 is 2. The van der Waals surface area contributed by atoms with Crippen molar-refractivity contribution < 1.29 is 28.6 Å². The van der Waals surface area contributed by atoms with Gasteiger partial charge in [-0.1, -0.05) is 54.2 Å². The average molecular weight is 579 g/mol. The molecule has 0 radical (unpaired) electrons. The molecule has 42 heavy (non-hydrogen) atoms. The molecule has 1 saturated carbocycles. The van der Waals surface area contributed by atoms with Crippen LogP contribution in [0, 0.1) is 16.7 Å². The Labute approximate surface area is 247 Å². The van der Waals surface area contributed by atoms with Gasteiger partial charge in [-0.3, -0.25) is 19.7 Å². The van der Waals surface area contributed by atoms with Crippen molar-refractivity contribution in [1.82, 2.24) is 9.97 Å². The predicted octanol–water partition coefficient (Wildman–Crippen LogP) is 5.61. The minimum absolute atomic E-state index is 0.0470. The standard InChI is InChI=1S/C32H42N4O6/c1-10-15-42-25-22(13-14-23(37)19-11-12-19)20(17-24(40-8)26(25)41-9)16-21-18-33-30(36-29(39)32(5,6)7)35-27(21)34-28(38)31(2,3)4/h10,13-14,17-19H,1,11-12,15-16H2,2-9H3,(H2,33,34,35,36,38,39).